The molecular formula is C15H21NO2. The Bertz CT molecular complexity index is 371. The normalized spacial score (nSPS) is 18.4. The Balaban J connectivity index is 1.92. The van der Waals surface area contributed by atoms with Crippen molar-refractivity contribution in [2.75, 3.05) is 6.54 Å². The predicted molar refractivity (Wildman–Crippen MR) is 71.4 cm³/mol. The highest BCUT2D eigenvalue weighted by atomic mass is 16.4. The third-order valence-electron chi connectivity index (χ3n) is 3.72. The van der Waals surface area contributed by atoms with Gasteiger partial charge < -0.3 is 10.4 Å². The van der Waals surface area contributed by atoms with Crippen LogP contribution in [0.5, 0.6) is 0 Å². The lowest BCUT2D eigenvalue weighted by molar-refractivity contribution is -0.139. The predicted octanol–water partition coefficient (Wildman–Crippen LogP) is 2.98. The van der Waals surface area contributed by atoms with Crippen LogP contribution in [0.15, 0.2) is 30.3 Å². The summed E-state index contributed by atoms with van der Waals surface area (Å²) in [7, 11) is 0. The molecule has 1 aromatic rings. The summed E-state index contributed by atoms with van der Waals surface area (Å²) in [4.78, 5) is 11.3. The minimum absolute atomic E-state index is 0.576. The maximum absolute atomic E-state index is 11.3. The number of carbonyl (C=O) groups is 1. The molecule has 3 nitrogen and oxygen atoms in total. The standard InChI is InChI=1S/C15H21NO2/c17-15(18)14(13-9-5-2-6-10-13)16-11-12-7-3-1-4-8-12/h2,5-6,9-10,12,14,16H,1,3-4,7-8,11H2,(H,17,18). The number of aliphatic carboxylic acids is 1. The largest absolute Gasteiger partial charge is 0.480 e. The highest BCUT2D eigenvalue weighted by molar-refractivity contribution is 5.75. The molecule has 0 bridgehead atoms. The SMILES string of the molecule is O=C(O)C(NCC1CCCCC1)c1ccccc1. The van der Waals surface area contributed by atoms with Gasteiger partial charge in [-0.2, -0.15) is 0 Å². The van der Waals surface area contributed by atoms with Crippen molar-refractivity contribution in [3.8, 4) is 0 Å². The molecule has 2 rings (SSSR count). The molecular weight excluding hydrogens is 226 g/mol. The van der Waals surface area contributed by atoms with Gasteiger partial charge in [0.25, 0.3) is 0 Å². The molecule has 1 aromatic carbocycles. The van der Waals surface area contributed by atoms with Crippen molar-refractivity contribution in [1.82, 2.24) is 5.32 Å². The Morgan fingerprint density at radius 1 is 1.22 bits per heavy atom. The zero-order valence-electron chi connectivity index (χ0n) is 10.6. The second-order valence-electron chi connectivity index (χ2n) is 5.09. The van der Waals surface area contributed by atoms with Crippen LogP contribution in [-0.4, -0.2) is 17.6 Å². The average molecular weight is 247 g/mol. The van der Waals surface area contributed by atoms with E-state index in [4.69, 9.17) is 0 Å². The van der Waals surface area contributed by atoms with Crippen LogP contribution >= 0.6 is 0 Å². The molecule has 0 radical (unpaired) electrons. The molecule has 1 aliphatic rings. The number of rotatable bonds is 5. The second-order valence-corrected chi connectivity index (χ2v) is 5.09. The van der Waals surface area contributed by atoms with E-state index in [0.717, 1.165) is 12.1 Å². The van der Waals surface area contributed by atoms with Gasteiger partial charge in [0.15, 0.2) is 0 Å². The molecule has 0 aliphatic heterocycles. The van der Waals surface area contributed by atoms with Crippen LogP contribution in [0.3, 0.4) is 0 Å². The van der Waals surface area contributed by atoms with E-state index in [2.05, 4.69) is 5.32 Å². The third-order valence-corrected chi connectivity index (χ3v) is 3.72. The summed E-state index contributed by atoms with van der Waals surface area (Å²) >= 11 is 0. The number of hydrogen-bond donors (Lipinski definition) is 2. The fraction of sp³-hybridized carbons (Fsp3) is 0.533. The first-order chi connectivity index (χ1) is 8.77. The topological polar surface area (TPSA) is 49.3 Å². The van der Waals surface area contributed by atoms with Crippen molar-refractivity contribution in [1.29, 1.82) is 0 Å². The Hall–Kier alpha value is -1.35. The third kappa shape index (κ3) is 3.57. The second kappa shape index (κ2) is 6.55. The van der Waals surface area contributed by atoms with Crippen molar-refractivity contribution in [2.24, 2.45) is 5.92 Å². The van der Waals surface area contributed by atoms with E-state index in [1.165, 1.54) is 32.1 Å². The molecule has 0 spiro atoms. The molecule has 1 aliphatic carbocycles. The quantitative estimate of drug-likeness (QED) is 0.841. The molecule has 1 atom stereocenters. The van der Waals surface area contributed by atoms with E-state index in [0.29, 0.717) is 5.92 Å². The lowest BCUT2D eigenvalue weighted by Crippen LogP contribution is -2.33. The maximum atomic E-state index is 11.3. The number of carboxylic acids is 1. The number of benzene rings is 1. The van der Waals surface area contributed by atoms with Gasteiger partial charge >= 0.3 is 5.97 Å². The minimum Gasteiger partial charge on any atom is -0.480 e. The monoisotopic (exact) mass is 247 g/mol. The maximum Gasteiger partial charge on any atom is 0.325 e. The van der Waals surface area contributed by atoms with Gasteiger partial charge in [0.05, 0.1) is 0 Å². The molecule has 0 aromatic heterocycles. The van der Waals surface area contributed by atoms with E-state index < -0.39 is 12.0 Å². The van der Waals surface area contributed by atoms with Gasteiger partial charge in [-0.25, -0.2) is 0 Å². The molecule has 18 heavy (non-hydrogen) atoms. The van der Waals surface area contributed by atoms with E-state index in [-0.39, 0.29) is 0 Å². The summed E-state index contributed by atoms with van der Waals surface area (Å²) in [5.41, 5.74) is 0.834. The zero-order chi connectivity index (χ0) is 12.8. The van der Waals surface area contributed by atoms with Crippen LogP contribution in [0.2, 0.25) is 0 Å². The minimum atomic E-state index is -0.794. The van der Waals surface area contributed by atoms with E-state index in [1.54, 1.807) is 0 Å². The molecule has 0 heterocycles. The lowest BCUT2D eigenvalue weighted by Gasteiger charge is -2.24. The summed E-state index contributed by atoms with van der Waals surface area (Å²) < 4.78 is 0. The van der Waals surface area contributed by atoms with Crippen molar-refractivity contribution < 1.29 is 9.90 Å². The van der Waals surface area contributed by atoms with Gasteiger partial charge in [0, 0.05) is 0 Å². The van der Waals surface area contributed by atoms with Gasteiger partial charge in [-0.3, -0.25) is 4.79 Å². The summed E-state index contributed by atoms with van der Waals surface area (Å²) in [6.07, 6.45) is 6.37. The van der Waals surface area contributed by atoms with Crippen LogP contribution in [-0.2, 0) is 4.79 Å². The molecule has 1 saturated carbocycles. The fourth-order valence-electron chi connectivity index (χ4n) is 2.67. The highest BCUT2D eigenvalue weighted by Gasteiger charge is 2.21. The number of nitrogens with one attached hydrogen (secondary N) is 1. The number of hydrogen-bond acceptors (Lipinski definition) is 2. The number of carboxylic acid groups (broad SMARTS) is 1. The van der Waals surface area contributed by atoms with Crippen molar-refractivity contribution >= 4 is 5.97 Å². The van der Waals surface area contributed by atoms with E-state index in [1.807, 2.05) is 30.3 Å². The summed E-state index contributed by atoms with van der Waals surface area (Å²) in [6, 6.07) is 8.83. The smallest absolute Gasteiger partial charge is 0.325 e. The Morgan fingerprint density at radius 2 is 1.89 bits per heavy atom. The van der Waals surface area contributed by atoms with Crippen LogP contribution in [0.4, 0.5) is 0 Å². The highest BCUT2D eigenvalue weighted by Crippen LogP contribution is 2.24. The lowest BCUT2D eigenvalue weighted by atomic mass is 9.89. The van der Waals surface area contributed by atoms with Crippen LogP contribution in [0.25, 0.3) is 0 Å². The average Bonchev–Trinajstić information content (AvgIpc) is 2.41. The molecule has 0 amide bonds. The van der Waals surface area contributed by atoms with Crippen LogP contribution < -0.4 is 5.32 Å². The van der Waals surface area contributed by atoms with Crippen LogP contribution in [0.1, 0.15) is 43.7 Å². The van der Waals surface area contributed by atoms with Crippen LogP contribution in [0, 0.1) is 5.92 Å². The van der Waals surface area contributed by atoms with Gasteiger partial charge in [-0.05, 0) is 30.9 Å². The molecule has 0 saturated heterocycles. The van der Waals surface area contributed by atoms with E-state index >= 15 is 0 Å². The summed E-state index contributed by atoms with van der Waals surface area (Å²) in [5.74, 6) is -0.152. The van der Waals surface area contributed by atoms with Gasteiger partial charge in [-0.15, -0.1) is 0 Å². The molecule has 1 fully saturated rings. The van der Waals surface area contributed by atoms with Crippen molar-refractivity contribution in [3.63, 3.8) is 0 Å². The molecule has 1 unspecified atom stereocenters. The first kappa shape index (κ1) is 13.1. The Kier molecular flexibility index (Phi) is 4.76. The molecule has 98 valence electrons. The molecule has 2 N–H and O–H groups in total. The Morgan fingerprint density at radius 3 is 2.50 bits per heavy atom. The van der Waals surface area contributed by atoms with Crippen molar-refractivity contribution in [2.45, 2.75) is 38.1 Å². The summed E-state index contributed by atoms with van der Waals surface area (Å²) in [5, 5.41) is 12.5. The van der Waals surface area contributed by atoms with Crippen molar-refractivity contribution in [3.05, 3.63) is 35.9 Å². The van der Waals surface area contributed by atoms with Gasteiger partial charge in [0.2, 0.25) is 0 Å². The van der Waals surface area contributed by atoms with E-state index in [9.17, 15) is 9.90 Å². The summed E-state index contributed by atoms with van der Waals surface area (Å²) in [6.45, 7) is 0.811. The Labute approximate surface area is 108 Å². The molecule has 3 heteroatoms. The first-order valence-corrected chi connectivity index (χ1v) is 6.78. The fourth-order valence-corrected chi connectivity index (χ4v) is 2.67. The zero-order valence-corrected chi connectivity index (χ0v) is 10.6. The first-order valence-electron chi connectivity index (χ1n) is 6.78. The van der Waals surface area contributed by atoms with Gasteiger partial charge in [0.1, 0.15) is 6.04 Å². The van der Waals surface area contributed by atoms with Gasteiger partial charge in [-0.1, -0.05) is 49.6 Å².